The number of carbonyl (C=O) groups excluding carboxylic acids is 2. The van der Waals surface area contributed by atoms with E-state index in [1.54, 1.807) is 12.1 Å². The van der Waals surface area contributed by atoms with Crippen molar-refractivity contribution in [1.82, 2.24) is 10.6 Å². The van der Waals surface area contributed by atoms with Gasteiger partial charge in [-0.25, -0.2) is 0 Å². The van der Waals surface area contributed by atoms with E-state index in [0.717, 1.165) is 17.5 Å². The summed E-state index contributed by atoms with van der Waals surface area (Å²) in [6.45, 7) is 6.26. The molecule has 2 aromatic rings. The second-order valence-electron chi connectivity index (χ2n) is 6.67. The van der Waals surface area contributed by atoms with Gasteiger partial charge in [0.2, 0.25) is 5.91 Å². The summed E-state index contributed by atoms with van der Waals surface area (Å²) < 4.78 is 0. The van der Waals surface area contributed by atoms with Crippen LogP contribution in [0.3, 0.4) is 0 Å². The molecule has 0 aliphatic heterocycles. The normalized spacial score (nSPS) is 11.8. The van der Waals surface area contributed by atoms with E-state index in [0.29, 0.717) is 18.0 Å². The van der Waals surface area contributed by atoms with Gasteiger partial charge in [0.1, 0.15) is 0 Å². The van der Waals surface area contributed by atoms with Crippen molar-refractivity contribution in [3.8, 4) is 0 Å². The van der Waals surface area contributed by atoms with Crippen molar-refractivity contribution >= 4 is 11.8 Å². The molecule has 4 nitrogen and oxygen atoms in total. The number of carbonyl (C=O) groups is 2. The summed E-state index contributed by atoms with van der Waals surface area (Å²) in [4.78, 5) is 23.6. The van der Waals surface area contributed by atoms with Crippen molar-refractivity contribution < 1.29 is 9.59 Å². The number of amides is 2. The summed E-state index contributed by atoms with van der Waals surface area (Å²) in [7, 11) is 0. The SMILES string of the molecule is CC(=O)NCc1ccc(C(=O)NC(CC(C)C)c2ccccc2)cc1. The van der Waals surface area contributed by atoms with Crippen LogP contribution in [-0.4, -0.2) is 11.8 Å². The van der Waals surface area contributed by atoms with Gasteiger partial charge in [0.25, 0.3) is 5.91 Å². The van der Waals surface area contributed by atoms with Gasteiger partial charge in [-0.1, -0.05) is 56.3 Å². The van der Waals surface area contributed by atoms with E-state index >= 15 is 0 Å². The Balaban J connectivity index is 2.06. The zero-order valence-electron chi connectivity index (χ0n) is 15.1. The molecule has 2 rings (SSSR count). The Morgan fingerprint density at radius 1 is 0.960 bits per heavy atom. The van der Waals surface area contributed by atoms with Gasteiger partial charge in [0.15, 0.2) is 0 Å². The minimum Gasteiger partial charge on any atom is -0.352 e. The number of benzene rings is 2. The topological polar surface area (TPSA) is 58.2 Å². The van der Waals surface area contributed by atoms with Gasteiger partial charge in [-0.3, -0.25) is 9.59 Å². The van der Waals surface area contributed by atoms with Crippen LogP contribution in [0.2, 0.25) is 0 Å². The number of nitrogens with one attached hydrogen (secondary N) is 2. The fourth-order valence-electron chi connectivity index (χ4n) is 2.68. The molecule has 0 bridgehead atoms. The average Bonchev–Trinajstić information content (AvgIpc) is 2.60. The Bertz CT molecular complexity index is 694. The maximum absolute atomic E-state index is 12.6. The first-order valence-electron chi connectivity index (χ1n) is 8.65. The van der Waals surface area contributed by atoms with Crippen molar-refractivity contribution in [2.75, 3.05) is 0 Å². The molecule has 2 aromatic carbocycles. The maximum Gasteiger partial charge on any atom is 0.251 e. The number of hydrogen-bond acceptors (Lipinski definition) is 2. The summed E-state index contributed by atoms with van der Waals surface area (Å²) in [6.07, 6.45) is 0.885. The quantitative estimate of drug-likeness (QED) is 0.806. The van der Waals surface area contributed by atoms with Gasteiger partial charge in [-0.15, -0.1) is 0 Å². The van der Waals surface area contributed by atoms with Crippen LogP contribution in [0.25, 0.3) is 0 Å². The highest BCUT2D eigenvalue weighted by molar-refractivity contribution is 5.94. The predicted octanol–water partition coefficient (Wildman–Crippen LogP) is 3.84. The molecule has 132 valence electrons. The van der Waals surface area contributed by atoms with Crippen LogP contribution in [0.15, 0.2) is 54.6 Å². The molecule has 2 N–H and O–H groups in total. The van der Waals surface area contributed by atoms with E-state index in [1.807, 2.05) is 42.5 Å². The molecule has 0 saturated carbocycles. The fourth-order valence-corrected chi connectivity index (χ4v) is 2.68. The third-order valence-corrected chi connectivity index (χ3v) is 3.97. The van der Waals surface area contributed by atoms with Crippen LogP contribution in [0.4, 0.5) is 0 Å². The third kappa shape index (κ3) is 6.07. The van der Waals surface area contributed by atoms with Crippen molar-refractivity contribution in [2.24, 2.45) is 5.92 Å². The first-order chi connectivity index (χ1) is 12.0. The molecule has 0 spiro atoms. The first kappa shape index (κ1) is 18.7. The largest absolute Gasteiger partial charge is 0.352 e. The number of rotatable bonds is 7. The van der Waals surface area contributed by atoms with Crippen LogP contribution in [-0.2, 0) is 11.3 Å². The van der Waals surface area contributed by atoms with Crippen LogP contribution >= 0.6 is 0 Å². The molecule has 0 aliphatic rings. The lowest BCUT2D eigenvalue weighted by molar-refractivity contribution is -0.119. The van der Waals surface area contributed by atoms with Gasteiger partial charge in [0.05, 0.1) is 6.04 Å². The second-order valence-corrected chi connectivity index (χ2v) is 6.67. The predicted molar refractivity (Wildman–Crippen MR) is 100 cm³/mol. The molecule has 0 radical (unpaired) electrons. The van der Waals surface area contributed by atoms with Crippen LogP contribution in [0, 0.1) is 5.92 Å². The lowest BCUT2D eigenvalue weighted by Gasteiger charge is -2.21. The summed E-state index contributed by atoms with van der Waals surface area (Å²) in [5.41, 5.74) is 2.71. The van der Waals surface area contributed by atoms with Gasteiger partial charge < -0.3 is 10.6 Å². The first-order valence-corrected chi connectivity index (χ1v) is 8.65. The zero-order chi connectivity index (χ0) is 18.2. The molecule has 0 aromatic heterocycles. The minimum atomic E-state index is -0.0828. The Hall–Kier alpha value is -2.62. The average molecular weight is 338 g/mol. The maximum atomic E-state index is 12.6. The lowest BCUT2D eigenvalue weighted by atomic mass is 9.96. The minimum absolute atomic E-state index is 0.00671. The van der Waals surface area contributed by atoms with E-state index in [1.165, 1.54) is 6.92 Å². The van der Waals surface area contributed by atoms with E-state index in [4.69, 9.17) is 0 Å². The highest BCUT2D eigenvalue weighted by Crippen LogP contribution is 2.21. The molecule has 4 heteroatoms. The molecule has 0 fully saturated rings. The Kier molecular flexibility index (Phi) is 6.75. The summed E-state index contributed by atoms with van der Waals surface area (Å²) >= 11 is 0. The summed E-state index contributed by atoms with van der Waals surface area (Å²) in [5, 5.41) is 5.89. The molecule has 0 aliphatic carbocycles. The highest BCUT2D eigenvalue weighted by atomic mass is 16.2. The Morgan fingerprint density at radius 2 is 1.60 bits per heavy atom. The zero-order valence-corrected chi connectivity index (χ0v) is 15.1. The summed E-state index contributed by atoms with van der Waals surface area (Å²) in [5.74, 6) is 0.326. The molecule has 1 unspecified atom stereocenters. The Morgan fingerprint density at radius 3 is 2.16 bits per heavy atom. The molecular formula is C21H26N2O2. The van der Waals surface area contributed by atoms with Crippen molar-refractivity contribution in [3.05, 3.63) is 71.3 Å². The smallest absolute Gasteiger partial charge is 0.251 e. The highest BCUT2D eigenvalue weighted by Gasteiger charge is 2.17. The summed E-state index contributed by atoms with van der Waals surface area (Å²) in [6, 6.07) is 17.4. The third-order valence-electron chi connectivity index (χ3n) is 3.97. The van der Waals surface area contributed by atoms with E-state index in [-0.39, 0.29) is 17.9 Å². The standard InChI is InChI=1S/C21H26N2O2/c1-15(2)13-20(18-7-5-4-6-8-18)23-21(25)19-11-9-17(10-12-19)14-22-16(3)24/h4-12,15,20H,13-14H2,1-3H3,(H,22,24)(H,23,25). The number of hydrogen-bond donors (Lipinski definition) is 2. The van der Waals surface area contributed by atoms with Gasteiger partial charge >= 0.3 is 0 Å². The van der Waals surface area contributed by atoms with E-state index in [9.17, 15) is 9.59 Å². The fraction of sp³-hybridized carbons (Fsp3) is 0.333. The Labute approximate surface area is 149 Å². The molecule has 0 saturated heterocycles. The van der Waals surface area contributed by atoms with Gasteiger partial charge in [0, 0.05) is 19.0 Å². The van der Waals surface area contributed by atoms with E-state index in [2.05, 4.69) is 24.5 Å². The van der Waals surface area contributed by atoms with Crippen LogP contribution < -0.4 is 10.6 Å². The monoisotopic (exact) mass is 338 g/mol. The molecule has 0 heterocycles. The van der Waals surface area contributed by atoms with Crippen molar-refractivity contribution in [3.63, 3.8) is 0 Å². The van der Waals surface area contributed by atoms with Crippen molar-refractivity contribution in [2.45, 2.75) is 39.8 Å². The van der Waals surface area contributed by atoms with Crippen LogP contribution in [0.5, 0.6) is 0 Å². The van der Waals surface area contributed by atoms with Gasteiger partial charge in [-0.2, -0.15) is 0 Å². The molecular weight excluding hydrogens is 312 g/mol. The molecule has 25 heavy (non-hydrogen) atoms. The van der Waals surface area contributed by atoms with Crippen molar-refractivity contribution in [1.29, 1.82) is 0 Å². The second kappa shape index (κ2) is 9.02. The van der Waals surface area contributed by atoms with Gasteiger partial charge in [-0.05, 0) is 35.6 Å². The lowest BCUT2D eigenvalue weighted by Crippen LogP contribution is -2.29. The molecule has 1 atom stereocenters. The van der Waals surface area contributed by atoms with Crippen LogP contribution in [0.1, 0.15) is 54.7 Å². The van der Waals surface area contributed by atoms with E-state index < -0.39 is 0 Å². The molecule has 2 amide bonds.